The van der Waals surface area contributed by atoms with E-state index in [-0.39, 0.29) is 24.1 Å². The third kappa shape index (κ3) is 7.88. The van der Waals surface area contributed by atoms with Crippen molar-refractivity contribution < 1.29 is 40.6 Å². The lowest BCUT2D eigenvalue weighted by Crippen LogP contribution is -2.44. The summed E-state index contributed by atoms with van der Waals surface area (Å²) in [6, 6.07) is 18.3. The van der Waals surface area contributed by atoms with Crippen LogP contribution in [0.1, 0.15) is 16.7 Å². The number of amides is 2. The Morgan fingerprint density at radius 3 is 1.88 bits per heavy atom. The molecule has 3 aromatic carbocycles. The summed E-state index contributed by atoms with van der Waals surface area (Å²) in [6.07, 6.45) is -8.39. The molecule has 6 nitrogen and oxygen atoms in total. The summed E-state index contributed by atoms with van der Waals surface area (Å²) in [6.45, 7) is -0.232. The SMILES string of the molecule is O=C(NCC(Cc1ccccc1)(c1cccc(OC(F)(F)F)c1)c1cccc(OC(F)(F)F)c1)Nc1nccs1. The minimum atomic E-state index is -4.98. The topological polar surface area (TPSA) is 72.5 Å². The first-order valence-electron chi connectivity index (χ1n) is 11.6. The van der Waals surface area contributed by atoms with Crippen LogP contribution in [0.5, 0.6) is 11.5 Å². The lowest BCUT2D eigenvalue weighted by molar-refractivity contribution is -0.275. The number of rotatable bonds is 9. The highest BCUT2D eigenvalue weighted by Crippen LogP contribution is 2.40. The van der Waals surface area contributed by atoms with Crippen molar-refractivity contribution in [2.75, 3.05) is 11.9 Å². The predicted octanol–water partition coefficient (Wildman–Crippen LogP) is 7.29. The van der Waals surface area contributed by atoms with Gasteiger partial charge in [-0.3, -0.25) is 5.32 Å². The van der Waals surface area contributed by atoms with Crippen molar-refractivity contribution in [1.29, 1.82) is 0 Å². The number of alkyl halides is 6. The van der Waals surface area contributed by atoms with E-state index < -0.39 is 35.7 Å². The third-order valence-electron chi connectivity index (χ3n) is 5.79. The maximum atomic E-state index is 13.1. The van der Waals surface area contributed by atoms with Gasteiger partial charge in [0.2, 0.25) is 0 Å². The first-order valence-corrected chi connectivity index (χ1v) is 12.5. The molecule has 40 heavy (non-hydrogen) atoms. The summed E-state index contributed by atoms with van der Waals surface area (Å²) in [7, 11) is 0. The molecule has 1 heterocycles. The Morgan fingerprint density at radius 2 is 1.38 bits per heavy atom. The predicted molar refractivity (Wildman–Crippen MR) is 136 cm³/mol. The average Bonchev–Trinajstić information content (AvgIpc) is 3.38. The molecule has 0 bridgehead atoms. The zero-order valence-electron chi connectivity index (χ0n) is 20.4. The number of hydrogen-bond donors (Lipinski definition) is 2. The Labute approximate surface area is 228 Å². The first kappa shape index (κ1) is 28.7. The van der Waals surface area contributed by atoms with Crippen LogP contribution in [0.4, 0.5) is 36.3 Å². The molecule has 0 unspecified atom stereocenters. The van der Waals surface area contributed by atoms with E-state index in [0.29, 0.717) is 10.7 Å². The molecule has 0 fully saturated rings. The number of urea groups is 1. The fourth-order valence-corrected chi connectivity index (χ4v) is 4.75. The van der Waals surface area contributed by atoms with Gasteiger partial charge in [-0.05, 0) is 47.4 Å². The van der Waals surface area contributed by atoms with Crippen molar-refractivity contribution in [2.24, 2.45) is 0 Å². The molecule has 0 radical (unpaired) electrons. The quantitative estimate of drug-likeness (QED) is 0.204. The Bertz CT molecular complexity index is 1350. The van der Waals surface area contributed by atoms with Crippen molar-refractivity contribution in [1.82, 2.24) is 10.3 Å². The normalized spacial score (nSPS) is 12.1. The minimum Gasteiger partial charge on any atom is -0.406 e. The number of hydrogen-bond acceptors (Lipinski definition) is 5. The monoisotopic (exact) mass is 581 g/mol. The standard InChI is InChI=1S/C27H21F6N3O3S/c28-26(29,30)38-21-10-4-8-19(14-21)25(16-18-6-2-1-3-7-18,17-35-23(37)36-24-34-12-13-40-24)20-9-5-11-22(15-20)39-27(31,32)33/h1-15H,16-17H2,(H2,34,35,36,37). The molecular formula is C27H21F6N3O3S. The molecule has 2 amide bonds. The second-order valence-electron chi connectivity index (χ2n) is 8.54. The van der Waals surface area contributed by atoms with Crippen LogP contribution in [-0.2, 0) is 11.8 Å². The van der Waals surface area contributed by atoms with Crippen LogP contribution in [0.3, 0.4) is 0 Å². The second-order valence-corrected chi connectivity index (χ2v) is 9.44. The smallest absolute Gasteiger partial charge is 0.406 e. The molecule has 1 aromatic heterocycles. The van der Waals surface area contributed by atoms with Gasteiger partial charge in [-0.15, -0.1) is 37.7 Å². The van der Waals surface area contributed by atoms with E-state index in [0.717, 1.165) is 24.3 Å². The number of ether oxygens (including phenoxy) is 2. The van der Waals surface area contributed by atoms with Crippen molar-refractivity contribution in [2.45, 2.75) is 24.6 Å². The van der Waals surface area contributed by atoms with E-state index in [1.54, 1.807) is 35.7 Å². The van der Waals surface area contributed by atoms with Gasteiger partial charge in [0.25, 0.3) is 0 Å². The summed E-state index contributed by atoms with van der Waals surface area (Å²) in [4.78, 5) is 16.8. The maximum absolute atomic E-state index is 13.1. The van der Waals surface area contributed by atoms with Gasteiger partial charge in [0.05, 0.1) is 0 Å². The number of nitrogens with one attached hydrogen (secondary N) is 2. The zero-order chi connectivity index (χ0) is 28.8. The van der Waals surface area contributed by atoms with Gasteiger partial charge in [-0.2, -0.15) is 0 Å². The van der Waals surface area contributed by atoms with Crippen LogP contribution in [0.2, 0.25) is 0 Å². The number of benzene rings is 3. The van der Waals surface area contributed by atoms with Crippen LogP contribution in [0.25, 0.3) is 0 Å². The molecule has 0 atom stereocenters. The van der Waals surface area contributed by atoms with Gasteiger partial charge < -0.3 is 14.8 Å². The molecule has 0 aliphatic rings. The largest absolute Gasteiger partial charge is 0.573 e. The van der Waals surface area contributed by atoms with E-state index in [1.807, 2.05) is 0 Å². The number of nitrogens with zero attached hydrogens (tertiary/aromatic N) is 1. The van der Waals surface area contributed by atoms with Crippen LogP contribution in [0.15, 0.2) is 90.4 Å². The van der Waals surface area contributed by atoms with Crippen molar-refractivity contribution in [3.63, 3.8) is 0 Å². The Kier molecular flexibility index (Phi) is 8.52. The van der Waals surface area contributed by atoms with E-state index in [4.69, 9.17) is 0 Å². The number of anilines is 1. The fraction of sp³-hybridized carbons (Fsp3) is 0.185. The van der Waals surface area contributed by atoms with Crippen molar-refractivity contribution in [3.8, 4) is 11.5 Å². The number of carbonyl (C=O) groups excluding carboxylic acids is 1. The molecule has 0 aliphatic heterocycles. The minimum absolute atomic E-state index is 0.0797. The van der Waals surface area contributed by atoms with Gasteiger partial charge in [-0.1, -0.05) is 54.6 Å². The third-order valence-corrected chi connectivity index (χ3v) is 6.48. The molecule has 0 saturated carbocycles. The van der Waals surface area contributed by atoms with E-state index in [1.165, 1.54) is 41.8 Å². The summed E-state index contributed by atoms with van der Waals surface area (Å²) in [5, 5.41) is 7.21. The summed E-state index contributed by atoms with van der Waals surface area (Å²) < 4.78 is 86.7. The molecule has 4 aromatic rings. The number of halogens is 6. The Morgan fingerprint density at radius 1 is 0.800 bits per heavy atom. The average molecular weight is 582 g/mol. The van der Waals surface area contributed by atoms with Gasteiger partial charge in [0.1, 0.15) is 11.5 Å². The Balaban J connectivity index is 1.84. The number of thiazole rings is 1. The molecule has 0 spiro atoms. The second kappa shape index (κ2) is 11.9. The highest BCUT2D eigenvalue weighted by Gasteiger charge is 2.38. The molecule has 0 saturated heterocycles. The van der Waals surface area contributed by atoms with Crippen LogP contribution in [0, 0.1) is 0 Å². The van der Waals surface area contributed by atoms with E-state index in [2.05, 4.69) is 25.1 Å². The van der Waals surface area contributed by atoms with Crippen molar-refractivity contribution in [3.05, 3.63) is 107 Å². The highest BCUT2D eigenvalue weighted by atomic mass is 32.1. The van der Waals surface area contributed by atoms with Crippen LogP contribution < -0.4 is 20.1 Å². The molecule has 210 valence electrons. The summed E-state index contributed by atoms with van der Waals surface area (Å²) in [5.74, 6) is -1.06. The molecule has 2 N–H and O–H groups in total. The van der Waals surface area contributed by atoms with Crippen LogP contribution in [-0.4, -0.2) is 30.3 Å². The summed E-state index contributed by atoms with van der Waals surface area (Å²) >= 11 is 1.17. The van der Waals surface area contributed by atoms with E-state index >= 15 is 0 Å². The Hall–Kier alpha value is -4.26. The molecule has 4 rings (SSSR count). The zero-order valence-corrected chi connectivity index (χ0v) is 21.2. The summed E-state index contributed by atoms with van der Waals surface area (Å²) in [5.41, 5.74) is -0.181. The molecule has 13 heteroatoms. The fourth-order valence-electron chi connectivity index (χ4n) is 4.22. The molecular weight excluding hydrogens is 560 g/mol. The number of aromatic nitrogens is 1. The molecule has 0 aliphatic carbocycles. The van der Waals surface area contributed by atoms with Gasteiger partial charge in [0.15, 0.2) is 5.13 Å². The van der Waals surface area contributed by atoms with Gasteiger partial charge in [-0.25, -0.2) is 9.78 Å². The van der Waals surface area contributed by atoms with Gasteiger partial charge in [0, 0.05) is 23.5 Å². The van der Waals surface area contributed by atoms with Gasteiger partial charge >= 0.3 is 18.8 Å². The first-order chi connectivity index (χ1) is 18.9. The lowest BCUT2D eigenvalue weighted by Gasteiger charge is -2.36. The van der Waals surface area contributed by atoms with Crippen molar-refractivity contribution >= 4 is 22.5 Å². The number of carbonyl (C=O) groups is 1. The highest BCUT2D eigenvalue weighted by molar-refractivity contribution is 7.13. The maximum Gasteiger partial charge on any atom is 0.573 e. The van der Waals surface area contributed by atoms with E-state index in [9.17, 15) is 31.1 Å². The lowest BCUT2D eigenvalue weighted by atomic mass is 9.70. The van der Waals surface area contributed by atoms with Crippen LogP contribution >= 0.6 is 11.3 Å².